The van der Waals surface area contributed by atoms with Crippen molar-refractivity contribution < 1.29 is 32.2 Å². The van der Waals surface area contributed by atoms with Crippen LogP contribution in [0.25, 0.3) is 0 Å². The summed E-state index contributed by atoms with van der Waals surface area (Å²) >= 11 is 0. The van der Waals surface area contributed by atoms with Crippen molar-refractivity contribution in [3.63, 3.8) is 0 Å². The Morgan fingerprint density at radius 3 is 2.56 bits per heavy atom. The normalized spacial score (nSPS) is 13.2. The van der Waals surface area contributed by atoms with Gasteiger partial charge < -0.3 is 15.6 Å². The predicted molar refractivity (Wildman–Crippen MR) is 52.4 cm³/mol. The van der Waals surface area contributed by atoms with Crippen LogP contribution in [0.1, 0.15) is 5.56 Å². The number of rotatable bonds is 4. The predicted octanol–water partition coefficient (Wildman–Crippen LogP) is 1.68. The van der Waals surface area contributed by atoms with Crippen molar-refractivity contribution in [3.8, 4) is 5.75 Å². The molecular formula is C10H9F4NO3. The summed E-state index contributed by atoms with van der Waals surface area (Å²) in [5.41, 5.74) is 4.91. The molecule has 8 heteroatoms. The zero-order valence-corrected chi connectivity index (χ0v) is 8.87. The van der Waals surface area contributed by atoms with Crippen molar-refractivity contribution in [1.82, 2.24) is 0 Å². The van der Waals surface area contributed by atoms with E-state index in [1.807, 2.05) is 0 Å². The zero-order chi connectivity index (χ0) is 13.9. The number of carboxylic acids is 1. The molecule has 0 aliphatic carbocycles. The van der Waals surface area contributed by atoms with Crippen molar-refractivity contribution in [3.05, 3.63) is 29.6 Å². The summed E-state index contributed by atoms with van der Waals surface area (Å²) in [6.07, 6.45) is -5.33. The van der Waals surface area contributed by atoms with Gasteiger partial charge in [-0.1, -0.05) is 0 Å². The lowest BCUT2D eigenvalue weighted by molar-refractivity contribution is -0.274. The number of benzene rings is 1. The smallest absolute Gasteiger partial charge is 0.480 e. The molecule has 0 radical (unpaired) electrons. The molecule has 1 aromatic rings. The van der Waals surface area contributed by atoms with Crippen LogP contribution in [0.15, 0.2) is 18.2 Å². The number of hydrogen-bond donors (Lipinski definition) is 2. The number of ether oxygens (including phenoxy) is 1. The fourth-order valence-corrected chi connectivity index (χ4v) is 1.23. The minimum atomic E-state index is -4.90. The molecule has 0 bridgehead atoms. The minimum Gasteiger partial charge on any atom is -0.480 e. The van der Waals surface area contributed by atoms with Crippen LogP contribution in [-0.2, 0) is 11.2 Å². The Bertz CT molecular complexity index is 447. The monoisotopic (exact) mass is 267 g/mol. The van der Waals surface area contributed by atoms with Gasteiger partial charge in [0.05, 0.1) is 0 Å². The Balaban J connectivity index is 2.91. The van der Waals surface area contributed by atoms with Crippen LogP contribution in [0.3, 0.4) is 0 Å². The maximum Gasteiger partial charge on any atom is 0.573 e. The van der Waals surface area contributed by atoms with E-state index in [0.29, 0.717) is 0 Å². The van der Waals surface area contributed by atoms with Gasteiger partial charge >= 0.3 is 12.3 Å². The largest absolute Gasteiger partial charge is 0.573 e. The van der Waals surface area contributed by atoms with Gasteiger partial charge in [-0.15, -0.1) is 13.2 Å². The Labute approximate surface area is 99.0 Å². The molecular weight excluding hydrogens is 258 g/mol. The number of aliphatic carboxylic acids is 1. The van der Waals surface area contributed by atoms with Crippen LogP contribution in [0.5, 0.6) is 5.75 Å². The summed E-state index contributed by atoms with van der Waals surface area (Å²) in [5, 5.41) is 8.53. The highest BCUT2D eigenvalue weighted by Crippen LogP contribution is 2.25. The maximum atomic E-state index is 13.2. The highest BCUT2D eigenvalue weighted by atomic mass is 19.4. The Morgan fingerprint density at radius 2 is 2.06 bits per heavy atom. The summed E-state index contributed by atoms with van der Waals surface area (Å²) in [4.78, 5) is 10.5. The van der Waals surface area contributed by atoms with E-state index >= 15 is 0 Å². The lowest BCUT2D eigenvalue weighted by Gasteiger charge is -2.12. The van der Waals surface area contributed by atoms with Crippen LogP contribution >= 0.6 is 0 Å². The van der Waals surface area contributed by atoms with Crippen LogP contribution < -0.4 is 10.5 Å². The number of carboxylic acid groups (broad SMARTS) is 1. The molecule has 1 rings (SSSR count). The zero-order valence-electron chi connectivity index (χ0n) is 8.87. The van der Waals surface area contributed by atoms with Gasteiger partial charge in [0.25, 0.3) is 0 Å². The quantitative estimate of drug-likeness (QED) is 0.814. The summed E-state index contributed by atoms with van der Waals surface area (Å²) in [7, 11) is 0. The number of nitrogens with two attached hydrogens (primary N) is 1. The summed E-state index contributed by atoms with van der Waals surface area (Å²) < 4.78 is 52.6. The molecule has 1 atom stereocenters. The molecule has 0 saturated carbocycles. The second-order valence-electron chi connectivity index (χ2n) is 3.45. The third-order valence-electron chi connectivity index (χ3n) is 2.01. The fourth-order valence-electron chi connectivity index (χ4n) is 1.23. The first-order valence-electron chi connectivity index (χ1n) is 4.71. The van der Waals surface area contributed by atoms with E-state index in [9.17, 15) is 22.4 Å². The third kappa shape index (κ3) is 4.21. The van der Waals surface area contributed by atoms with Gasteiger partial charge in [-0.25, -0.2) is 4.39 Å². The Hall–Kier alpha value is -1.83. The maximum absolute atomic E-state index is 13.2. The highest BCUT2D eigenvalue weighted by molar-refractivity contribution is 5.73. The molecule has 1 unspecified atom stereocenters. The van der Waals surface area contributed by atoms with E-state index in [4.69, 9.17) is 10.8 Å². The molecule has 0 aliphatic rings. The van der Waals surface area contributed by atoms with E-state index in [-0.39, 0.29) is 5.56 Å². The van der Waals surface area contributed by atoms with Crippen molar-refractivity contribution in [2.24, 2.45) is 5.73 Å². The number of alkyl halides is 3. The molecule has 0 aromatic heterocycles. The fraction of sp³-hybridized carbons (Fsp3) is 0.300. The average Bonchev–Trinajstić information content (AvgIpc) is 2.20. The van der Waals surface area contributed by atoms with Gasteiger partial charge in [0.15, 0.2) is 0 Å². The first kappa shape index (κ1) is 14.2. The molecule has 100 valence electrons. The molecule has 0 spiro atoms. The lowest BCUT2D eigenvalue weighted by atomic mass is 10.1. The van der Waals surface area contributed by atoms with E-state index in [0.717, 1.165) is 18.2 Å². The van der Waals surface area contributed by atoms with Crippen molar-refractivity contribution in [1.29, 1.82) is 0 Å². The van der Waals surface area contributed by atoms with E-state index < -0.39 is 36.4 Å². The molecule has 0 saturated heterocycles. The molecule has 18 heavy (non-hydrogen) atoms. The number of hydrogen-bond acceptors (Lipinski definition) is 3. The second-order valence-corrected chi connectivity index (χ2v) is 3.45. The van der Waals surface area contributed by atoms with Crippen LogP contribution in [0.4, 0.5) is 17.6 Å². The molecule has 0 aliphatic heterocycles. The van der Waals surface area contributed by atoms with Crippen molar-refractivity contribution in [2.75, 3.05) is 0 Å². The Kier molecular flexibility index (Phi) is 4.12. The van der Waals surface area contributed by atoms with E-state index in [1.54, 1.807) is 0 Å². The van der Waals surface area contributed by atoms with Crippen LogP contribution in [0.2, 0.25) is 0 Å². The van der Waals surface area contributed by atoms with Gasteiger partial charge in [-0.05, 0) is 23.8 Å². The molecule has 0 heterocycles. The molecule has 0 fully saturated rings. The van der Waals surface area contributed by atoms with E-state index in [2.05, 4.69) is 4.74 Å². The average molecular weight is 267 g/mol. The number of halogens is 4. The van der Waals surface area contributed by atoms with Crippen LogP contribution in [-0.4, -0.2) is 23.5 Å². The SMILES string of the molecule is NC(Cc1cc(OC(F)(F)F)ccc1F)C(=O)O. The van der Waals surface area contributed by atoms with Gasteiger partial charge in [0, 0.05) is 6.42 Å². The summed E-state index contributed by atoms with van der Waals surface area (Å²) in [5.74, 6) is -2.85. The third-order valence-corrected chi connectivity index (χ3v) is 2.01. The number of carbonyl (C=O) groups is 1. The van der Waals surface area contributed by atoms with Crippen LogP contribution in [0, 0.1) is 5.82 Å². The first-order valence-corrected chi connectivity index (χ1v) is 4.71. The summed E-state index contributed by atoms with van der Waals surface area (Å²) in [6.45, 7) is 0. The first-order chi connectivity index (χ1) is 8.19. The summed E-state index contributed by atoms with van der Waals surface area (Å²) in [6, 6.07) is 0.913. The second kappa shape index (κ2) is 5.21. The van der Waals surface area contributed by atoms with Gasteiger partial charge in [0.1, 0.15) is 17.6 Å². The van der Waals surface area contributed by atoms with Crippen molar-refractivity contribution >= 4 is 5.97 Å². The standard InChI is InChI=1S/C10H9F4NO3/c11-7-2-1-6(18-10(12,13)14)3-5(7)4-8(15)9(16)17/h1-3,8H,4,15H2,(H,16,17). The van der Waals surface area contributed by atoms with E-state index in [1.165, 1.54) is 0 Å². The Morgan fingerprint density at radius 1 is 1.44 bits per heavy atom. The van der Waals surface area contributed by atoms with Gasteiger partial charge in [0.2, 0.25) is 0 Å². The topological polar surface area (TPSA) is 72.5 Å². The molecule has 0 amide bonds. The van der Waals surface area contributed by atoms with Gasteiger partial charge in [-0.2, -0.15) is 0 Å². The molecule has 4 nitrogen and oxygen atoms in total. The minimum absolute atomic E-state index is 0.258. The highest BCUT2D eigenvalue weighted by Gasteiger charge is 2.31. The molecule has 3 N–H and O–H groups in total. The lowest BCUT2D eigenvalue weighted by Crippen LogP contribution is -2.32. The molecule has 1 aromatic carbocycles. The van der Waals surface area contributed by atoms with Crippen molar-refractivity contribution in [2.45, 2.75) is 18.8 Å². The van der Waals surface area contributed by atoms with Gasteiger partial charge in [-0.3, -0.25) is 4.79 Å².